The lowest BCUT2D eigenvalue weighted by Crippen LogP contribution is -2.16. The number of hydrogen-bond acceptors (Lipinski definition) is 6. The van der Waals surface area contributed by atoms with Crippen molar-refractivity contribution >= 4 is 36.6 Å². The van der Waals surface area contributed by atoms with E-state index in [2.05, 4.69) is 51.1 Å². The highest BCUT2D eigenvalue weighted by molar-refractivity contribution is 7.98. The Morgan fingerprint density at radius 1 is 0.697 bits per heavy atom. The van der Waals surface area contributed by atoms with Gasteiger partial charge in [0.05, 0.1) is 14.2 Å². The zero-order valence-corrected chi connectivity index (χ0v) is 24.0. The van der Waals surface area contributed by atoms with Crippen molar-refractivity contribution in [3.05, 3.63) is 60.7 Å². The van der Waals surface area contributed by atoms with Gasteiger partial charge in [-0.2, -0.15) is 0 Å². The van der Waals surface area contributed by atoms with Crippen LogP contribution in [0, 0.1) is 0 Å². The number of ether oxygens (including phenoxy) is 2. The molecule has 0 bridgehead atoms. The summed E-state index contributed by atoms with van der Waals surface area (Å²) in [4.78, 5) is 22.0. The number of thiol groups is 1. The molecule has 192 valence electrons. The predicted molar refractivity (Wildman–Crippen MR) is 149 cm³/mol. The molecule has 0 spiro atoms. The Bertz CT molecular complexity index is 574. The second-order valence-corrected chi connectivity index (χ2v) is 5.73. The van der Waals surface area contributed by atoms with E-state index in [-0.39, 0.29) is 0 Å². The molecule has 0 unspecified atom stereocenters. The maximum absolute atomic E-state index is 9.85. The van der Waals surface area contributed by atoms with Gasteiger partial charge in [0.2, 0.25) is 0 Å². The van der Waals surface area contributed by atoms with Gasteiger partial charge in [0.25, 0.3) is 0 Å². The fourth-order valence-corrected chi connectivity index (χ4v) is 1.79. The van der Waals surface area contributed by atoms with Crippen LogP contribution in [0.4, 0.5) is 9.59 Å². The summed E-state index contributed by atoms with van der Waals surface area (Å²) in [5.74, 6) is 0. The average Bonchev–Trinajstić information content (AvgIpc) is 2.93. The molecule has 0 saturated heterocycles. The van der Waals surface area contributed by atoms with Gasteiger partial charge in [-0.05, 0) is 30.5 Å². The minimum absolute atomic E-state index is 0.407. The van der Waals surface area contributed by atoms with E-state index in [0.717, 1.165) is 4.90 Å². The summed E-state index contributed by atoms with van der Waals surface area (Å²) in [6.07, 6.45) is 1.26. The number of benzene rings is 2. The fourth-order valence-electron chi connectivity index (χ4n) is 1.19. The Hall–Kier alpha value is -2.32. The third-order valence-electron chi connectivity index (χ3n) is 2.51. The molecule has 0 aliphatic heterocycles. The van der Waals surface area contributed by atoms with Crippen LogP contribution in [0.1, 0.15) is 41.5 Å². The van der Waals surface area contributed by atoms with Crippen molar-refractivity contribution in [3.63, 3.8) is 0 Å². The lowest BCUT2D eigenvalue weighted by atomic mass is 10.4. The molecule has 2 aromatic carbocycles. The second-order valence-electron chi connectivity index (χ2n) is 4.34. The van der Waals surface area contributed by atoms with Crippen molar-refractivity contribution in [1.29, 1.82) is 0 Å². The zero-order chi connectivity index (χ0) is 26.9. The molecule has 2 amide bonds. The smallest absolute Gasteiger partial charge is 0.406 e. The van der Waals surface area contributed by atoms with Crippen molar-refractivity contribution in [2.75, 3.05) is 34.6 Å². The van der Waals surface area contributed by atoms with Crippen LogP contribution in [0.2, 0.25) is 0 Å². The Labute approximate surface area is 212 Å². The predicted octanol–water partition coefficient (Wildman–Crippen LogP) is 7.41. The molecular weight excluding hydrogens is 456 g/mol. The maximum atomic E-state index is 9.85. The van der Waals surface area contributed by atoms with E-state index in [1.165, 1.54) is 33.2 Å². The summed E-state index contributed by atoms with van der Waals surface area (Å²) in [7, 11) is 5.65. The molecule has 0 saturated carbocycles. The maximum Gasteiger partial charge on any atom is 0.406 e. The van der Waals surface area contributed by atoms with Gasteiger partial charge in [0.1, 0.15) is 0 Å². The van der Waals surface area contributed by atoms with Crippen LogP contribution in [0.3, 0.4) is 0 Å². The van der Waals surface area contributed by atoms with Crippen LogP contribution >= 0.6 is 24.4 Å². The SMILES string of the molecule is CC.CC.CC.CNC(=O)OC.CNC(=O)OC.CSc1ccccc1.Sc1ccccc1. The minimum Gasteiger partial charge on any atom is -0.453 e. The van der Waals surface area contributed by atoms with Crippen molar-refractivity contribution < 1.29 is 19.1 Å². The first kappa shape index (κ1) is 41.0. The van der Waals surface area contributed by atoms with Gasteiger partial charge in [-0.15, -0.1) is 24.4 Å². The highest BCUT2D eigenvalue weighted by Gasteiger charge is 1.85. The van der Waals surface area contributed by atoms with Gasteiger partial charge in [0, 0.05) is 23.9 Å². The molecule has 0 heterocycles. The van der Waals surface area contributed by atoms with Crippen LogP contribution in [-0.2, 0) is 9.47 Å². The fraction of sp³-hybridized carbons (Fsp3) is 0.440. The van der Waals surface area contributed by atoms with Crippen molar-refractivity contribution in [2.24, 2.45) is 0 Å². The molecule has 0 atom stereocenters. The average molecular weight is 503 g/mol. The van der Waals surface area contributed by atoms with Crippen LogP contribution in [0.5, 0.6) is 0 Å². The monoisotopic (exact) mass is 502 g/mol. The Balaban J connectivity index is -0.0000000986. The topological polar surface area (TPSA) is 76.7 Å². The molecule has 8 heteroatoms. The van der Waals surface area contributed by atoms with Crippen LogP contribution in [0.25, 0.3) is 0 Å². The quantitative estimate of drug-likeness (QED) is 0.280. The number of carbonyl (C=O) groups is 2. The lowest BCUT2D eigenvalue weighted by molar-refractivity contribution is 0.172. The number of carbonyl (C=O) groups excluding carboxylic acids is 2. The summed E-state index contributed by atoms with van der Waals surface area (Å²) in [6.45, 7) is 12.0. The van der Waals surface area contributed by atoms with Crippen LogP contribution in [-0.4, -0.2) is 46.8 Å². The molecule has 0 aliphatic carbocycles. The van der Waals surface area contributed by atoms with E-state index in [0.29, 0.717) is 0 Å². The molecule has 0 fully saturated rings. The summed E-state index contributed by atoms with van der Waals surface area (Å²) in [6, 6.07) is 20.1. The van der Waals surface area contributed by atoms with Crippen molar-refractivity contribution in [2.45, 2.75) is 51.3 Å². The molecule has 0 radical (unpaired) electrons. The van der Waals surface area contributed by atoms with Crippen molar-refractivity contribution in [1.82, 2.24) is 10.6 Å². The van der Waals surface area contributed by atoms with E-state index < -0.39 is 12.2 Å². The number of nitrogens with one attached hydrogen (secondary N) is 2. The molecule has 0 aliphatic rings. The van der Waals surface area contributed by atoms with E-state index in [1.807, 2.05) is 90.1 Å². The molecule has 2 rings (SSSR count). The summed E-state index contributed by atoms with van der Waals surface area (Å²) in [5, 5.41) is 4.51. The first-order chi connectivity index (χ1) is 15.9. The number of amides is 2. The normalized spacial score (nSPS) is 7.15. The highest BCUT2D eigenvalue weighted by Crippen LogP contribution is 2.11. The van der Waals surface area contributed by atoms with Gasteiger partial charge in [0.15, 0.2) is 0 Å². The standard InChI is InChI=1S/C7H8S.C6H6S.2C3H7NO2.3C2H6/c1-8-7-5-3-2-4-6-7;7-6-4-2-1-3-5-6;2*1-4-3(5)6-2;3*1-2/h2-6H,1H3;1-5,7H;2*1-2H3,(H,4,5);3*1-2H3. The summed E-state index contributed by atoms with van der Waals surface area (Å²) >= 11 is 5.85. The van der Waals surface area contributed by atoms with E-state index in [4.69, 9.17) is 0 Å². The Morgan fingerprint density at radius 3 is 1.12 bits per heavy atom. The Morgan fingerprint density at radius 2 is 1.00 bits per heavy atom. The zero-order valence-electron chi connectivity index (χ0n) is 22.3. The van der Waals surface area contributed by atoms with Gasteiger partial charge in [-0.3, -0.25) is 0 Å². The summed E-state index contributed by atoms with van der Waals surface area (Å²) < 4.78 is 8.30. The number of rotatable bonds is 1. The lowest BCUT2D eigenvalue weighted by Gasteiger charge is -1.90. The first-order valence-corrected chi connectivity index (χ1v) is 12.5. The number of alkyl carbamates (subject to hydrolysis) is 2. The third-order valence-corrected chi connectivity index (χ3v) is 3.56. The summed E-state index contributed by atoms with van der Waals surface area (Å²) in [5.41, 5.74) is 0. The first-order valence-electron chi connectivity index (χ1n) is 10.8. The number of hydrogen-bond donors (Lipinski definition) is 3. The van der Waals surface area contributed by atoms with E-state index in [1.54, 1.807) is 11.8 Å². The van der Waals surface area contributed by atoms with Crippen LogP contribution in [0.15, 0.2) is 70.5 Å². The molecule has 33 heavy (non-hydrogen) atoms. The van der Waals surface area contributed by atoms with Crippen molar-refractivity contribution in [3.8, 4) is 0 Å². The van der Waals surface area contributed by atoms with Gasteiger partial charge in [-0.1, -0.05) is 77.9 Å². The second kappa shape index (κ2) is 40.1. The molecule has 2 aromatic rings. The number of thioether (sulfide) groups is 1. The van der Waals surface area contributed by atoms with Crippen LogP contribution < -0.4 is 10.6 Å². The third kappa shape index (κ3) is 40.6. The largest absolute Gasteiger partial charge is 0.453 e. The van der Waals surface area contributed by atoms with Gasteiger partial charge >= 0.3 is 12.2 Å². The Kier molecular flexibility index (Phi) is 49.8. The van der Waals surface area contributed by atoms with Gasteiger partial charge in [-0.25, -0.2) is 9.59 Å². The minimum atomic E-state index is -0.407. The molecule has 2 N–H and O–H groups in total. The number of methoxy groups -OCH3 is 2. The van der Waals surface area contributed by atoms with E-state index >= 15 is 0 Å². The molecule has 6 nitrogen and oxygen atoms in total. The molecular formula is C25H46N2O4S2. The molecule has 0 aromatic heterocycles. The van der Waals surface area contributed by atoms with E-state index in [9.17, 15) is 9.59 Å². The van der Waals surface area contributed by atoms with Gasteiger partial charge < -0.3 is 20.1 Å². The highest BCUT2D eigenvalue weighted by atomic mass is 32.2.